The van der Waals surface area contributed by atoms with Crippen LogP contribution in [0.4, 0.5) is 19.0 Å². The van der Waals surface area contributed by atoms with E-state index in [-0.39, 0.29) is 6.54 Å². The van der Waals surface area contributed by atoms with Crippen LogP contribution in [0.2, 0.25) is 0 Å². The highest BCUT2D eigenvalue weighted by atomic mass is 79.9. The zero-order valence-corrected chi connectivity index (χ0v) is 21.4. The Morgan fingerprint density at radius 1 is 1.05 bits per heavy atom. The second-order valence-electron chi connectivity index (χ2n) is 8.47. The number of alkyl halides is 3. The van der Waals surface area contributed by atoms with E-state index in [1.54, 1.807) is 23.9 Å². The summed E-state index contributed by atoms with van der Waals surface area (Å²) in [6, 6.07) is 16.0. The van der Waals surface area contributed by atoms with E-state index in [4.69, 9.17) is 0 Å². The first-order valence-electron chi connectivity index (χ1n) is 11.6. The van der Waals surface area contributed by atoms with Gasteiger partial charge in [-0.1, -0.05) is 52.3 Å². The van der Waals surface area contributed by atoms with Crippen LogP contribution in [-0.4, -0.2) is 44.1 Å². The Morgan fingerprint density at radius 3 is 2.45 bits per heavy atom. The van der Waals surface area contributed by atoms with Gasteiger partial charge >= 0.3 is 6.18 Å². The highest BCUT2D eigenvalue weighted by Gasteiger charge is 2.45. The second-order valence-corrected chi connectivity index (χ2v) is 9.32. The fraction of sp³-hybridized carbons (Fsp3) is 0.192. The van der Waals surface area contributed by atoms with E-state index in [2.05, 4.69) is 36.3 Å². The number of para-hydroxylation sites is 1. The van der Waals surface area contributed by atoms with Gasteiger partial charge in [0, 0.05) is 28.7 Å². The van der Waals surface area contributed by atoms with Gasteiger partial charge in [0.2, 0.25) is 5.82 Å². The lowest BCUT2D eigenvalue weighted by atomic mass is 9.82. The minimum atomic E-state index is -4.75. The maximum absolute atomic E-state index is 13.9. The van der Waals surface area contributed by atoms with Crippen molar-refractivity contribution in [1.29, 1.82) is 0 Å². The first-order chi connectivity index (χ1) is 18.2. The number of rotatable bonds is 5. The normalized spacial score (nSPS) is 17.3. The molecule has 12 heteroatoms. The maximum Gasteiger partial charge on any atom is 0.433 e. The molecule has 8 nitrogen and oxygen atoms in total. The lowest BCUT2D eigenvalue weighted by molar-refractivity contribution is -0.141. The molecule has 0 saturated heterocycles. The second kappa shape index (κ2) is 10.0. The van der Waals surface area contributed by atoms with E-state index in [0.717, 1.165) is 11.9 Å². The molecule has 1 aliphatic rings. The summed E-state index contributed by atoms with van der Waals surface area (Å²) in [5.74, 6) is -2.29. The number of nitrogens with zero attached hydrogens (tertiary/aromatic N) is 5. The predicted molar refractivity (Wildman–Crippen MR) is 136 cm³/mol. The number of anilines is 1. The number of carbonyl (C=O) groups excluding carboxylic acids is 2. The summed E-state index contributed by atoms with van der Waals surface area (Å²) < 4.78 is 41.9. The lowest BCUT2D eigenvalue weighted by Crippen LogP contribution is -2.55. The number of likely N-dealkylation sites (N-methyl/N-ethyl adjacent to an activating group) is 1. The molecule has 2 atom stereocenters. The van der Waals surface area contributed by atoms with E-state index >= 15 is 0 Å². The maximum atomic E-state index is 13.9. The van der Waals surface area contributed by atoms with Crippen molar-refractivity contribution in [1.82, 2.24) is 25.1 Å². The van der Waals surface area contributed by atoms with Gasteiger partial charge < -0.3 is 5.32 Å². The van der Waals surface area contributed by atoms with Crippen molar-refractivity contribution in [3.05, 3.63) is 100 Å². The molecule has 4 aromatic rings. The smallest absolute Gasteiger partial charge is 0.337 e. The first-order valence-corrected chi connectivity index (χ1v) is 12.4. The first kappa shape index (κ1) is 25.6. The van der Waals surface area contributed by atoms with Gasteiger partial charge in [-0.3, -0.25) is 14.5 Å². The largest absolute Gasteiger partial charge is 0.433 e. The van der Waals surface area contributed by atoms with Crippen LogP contribution in [0.5, 0.6) is 0 Å². The van der Waals surface area contributed by atoms with Crippen molar-refractivity contribution >= 4 is 33.6 Å². The van der Waals surface area contributed by atoms with Gasteiger partial charge in [-0.05, 0) is 36.8 Å². The van der Waals surface area contributed by atoms with Gasteiger partial charge in [0.25, 0.3) is 11.8 Å². The standard InChI is InChI=1S/C26H20BrF3N6O2/c1-2-35-24-17(14-32-36(24)15-8-4-3-5-9-15)20(16-10-6-7-11-18(16)27)21(25(35)38)34-23(37)22-31-13-12-19(33-22)26(28,29)30/h3-14,20-21H,2H2,1H3,(H,34,37)/t20-,21+/m1/s1. The topological polar surface area (TPSA) is 93.0 Å². The van der Waals surface area contributed by atoms with Crippen LogP contribution in [0.25, 0.3) is 5.69 Å². The number of amides is 2. The fourth-order valence-corrected chi connectivity index (χ4v) is 5.09. The molecule has 0 bridgehead atoms. The number of hydrogen-bond donors (Lipinski definition) is 1. The molecule has 38 heavy (non-hydrogen) atoms. The van der Waals surface area contributed by atoms with Gasteiger partial charge in [0.15, 0.2) is 0 Å². The Balaban J connectivity index is 1.63. The predicted octanol–water partition coefficient (Wildman–Crippen LogP) is 4.74. The number of carbonyl (C=O) groups is 2. The number of halogens is 4. The number of nitrogens with one attached hydrogen (secondary N) is 1. The minimum absolute atomic E-state index is 0.263. The van der Waals surface area contributed by atoms with Crippen LogP contribution < -0.4 is 10.2 Å². The quantitative estimate of drug-likeness (QED) is 0.366. The Kier molecular flexibility index (Phi) is 6.74. The molecule has 0 spiro atoms. The molecule has 0 aliphatic carbocycles. The summed E-state index contributed by atoms with van der Waals surface area (Å²) in [6.07, 6.45) is -2.25. The fourth-order valence-electron chi connectivity index (χ4n) is 4.55. The Labute approximate surface area is 223 Å². The molecule has 2 amide bonds. The Morgan fingerprint density at radius 2 is 1.76 bits per heavy atom. The minimum Gasteiger partial charge on any atom is -0.337 e. The van der Waals surface area contributed by atoms with Crippen LogP contribution in [-0.2, 0) is 11.0 Å². The van der Waals surface area contributed by atoms with E-state index in [1.807, 2.05) is 48.5 Å². The molecular formula is C26H20BrF3N6O2. The SMILES string of the molecule is CCN1C(=O)[C@@H](NC(=O)c2nccc(C(F)(F)F)n2)[C@H](c2ccccc2Br)c2cnn(-c3ccccc3)c21. The van der Waals surface area contributed by atoms with Crippen molar-refractivity contribution in [2.45, 2.75) is 25.1 Å². The molecule has 0 fully saturated rings. The summed E-state index contributed by atoms with van der Waals surface area (Å²) in [6.45, 7) is 2.05. The average molecular weight is 585 g/mol. The summed E-state index contributed by atoms with van der Waals surface area (Å²) in [5, 5.41) is 7.17. The number of aromatic nitrogens is 4. The van der Waals surface area contributed by atoms with E-state index in [1.165, 1.54) is 4.90 Å². The summed E-state index contributed by atoms with van der Waals surface area (Å²) in [7, 11) is 0. The molecule has 3 heterocycles. The zero-order valence-electron chi connectivity index (χ0n) is 19.9. The van der Waals surface area contributed by atoms with Crippen LogP contribution in [0.15, 0.2) is 77.5 Å². The summed E-state index contributed by atoms with van der Waals surface area (Å²) >= 11 is 3.54. The molecule has 2 aromatic carbocycles. The Hall–Kier alpha value is -4.06. The number of benzene rings is 2. The van der Waals surface area contributed by atoms with E-state index in [9.17, 15) is 22.8 Å². The van der Waals surface area contributed by atoms with E-state index < -0.39 is 41.5 Å². The molecule has 194 valence electrons. The third-order valence-electron chi connectivity index (χ3n) is 6.22. The molecule has 1 aliphatic heterocycles. The van der Waals surface area contributed by atoms with Gasteiger partial charge in [-0.2, -0.15) is 18.3 Å². The van der Waals surface area contributed by atoms with Crippen LogP contribution in [0.1, 0.15) is 40.3 Å². The Bertz CT molecular complexity index is 1510. The van der Waals surface area contributed by atoms with Crippen LogP contribution in [0.3, 0.4) is 0 Å². The van der Waals surface area contributed by atoms with Crippen molar-refractivity contribution in [2.24, 2.45) is 0 Å². The van der Waals surface area contributed by atoms with Crippen LogP contribution >= 0.6 is 15.9 Å². The van der Waals surface area contributed by atoms with Crippen molar-refractivity contribution in [3.63, 3.8) is 0 Å². The van der Waals surface area contributed by atoms with Gasteiger partial charge in [0.1, 0.15) is 17.6 Å². The van der Waals surface area contributed by atoms with Crippen LogP contribution in [0, 0.1) is 0 Å². The highest BCUT2D eigenvalue weighted by Crippen LogP contribution is 2.43. The van der Waals surface area contributed by atoms with Crippen molar-refractivity contribution in [3.8, 4) is 5.69 Å². The monoisotopic (exact) mass is 584 g/mol. The van der Waals surface area contributed by atoms with Gasteiger partial charge in [0.05, 0.1) is 11.9 Å². The number of hydrogen-bond acceptors (Lipinski definition) is 5. The molecule has 5 rings (SSSR count). The zero-order chi connectivity index (χ0) is 27.0. The third-order valence-corrected chi connectivity index (χ3v) is 6.94. The molecular weight excluding hydrogens is 565 g/mol. The summed E-state index contributed by atoms with van der Waals surface area (Å²) in [5.41, 5.74) is 0.848. The van der Waals surface area contributed by atoms with E-state index in [0.29, 0.717) is 27.5 Å². The number of fused-ring (bicyclic) bond motifs is 1. The molecule has 2 aromatic heterocycles. The van der Waals surface area contributed by atoms with Gasteiger partial charge in [-0.15, -0.1) is 0 Å². The lowest BCUT2D eigenvalue weighted by Gasteiger charge is -2.38. The highest BCUT2D eigenvalue weighted by molar-refractivity contribution is 9.10. The average Bonchev–Trinajstić information content (AvgIpc) is 3.34. The van der Waals surface area contributed by atoms with Crippen molar-refractivity contribution in [2.75, 3.05) is 11.4 Å². The van der Waals surface area contributed by atoms with Gasteiger partial charge in [-0.25, -0.2) is 14.6 Å². The summed E-state index contributed by atoms with van der Waals surface area (Å²) in [4.78, 5) is 35.6. The third kappa shape index (κ3) is 4.55. The molecule has 0 radical (unpaired) electrons. The molecule has 0 saturated carbocycles. The molecule has 0 unspecified atom stereocenters. The molecule has 1 N–H and O–H groups in total. The van der Waals surface area contributed by atoms with Crippen molar-refractivity contribution < 1.29 is 22.8 Å².